The fraction of sp³-hybridized carbons (Fsp3) is 0.400. The molecule has 0 spiro atoms. The summed E-state index contributed by atoms with van der Waals surface area (Å²) < 4.78 is 41.6. The predicted octanol–water partition coefficient (Wildman–Crippen LogP) is 2.36. The summed E-state index contributed by atoms with van der Waals surface area (Å²) in [4.78, 5) is 24.7. The second-order valence-electron chi connectivity index (χ2n) is 7.40. The van der Waals surface area contributed by atoms with Crippen LogP contribution in [0.5, 0.6) is 0 Å². The van der Waals surface area contributed by atoms with Crippen LogP contribution in [0.4, 0.5) is 10.1 Å². The van der Waals surface area contributed by atoms with Gasteiger partial charge in [0, 0.05) is 25.0 Å². The van der Waals surface area contributed by atoms with Crippen molar-refractivity contribution in [3.05, 3.63) is 58.3 Å². The topological polar surface area (TPSA) is 88.5 Å². The van der Waals surface area contributed by atoms with Gasteiger partial charge >= 0.3 is 0 Å². The van der Waals surface area contributed by atoms with E-state index in [2.05, 4.69) is 12.2 Å². The summed E-state index contributed by atoms with van der Waals surface area (Å²) >= 11 is 0. The van der Waals surface area contributed by atoms with Gasteiger partial charge in [-0.2, -0.15) is 4.31 Å². The van der Waals surface area contributed by atoms with Crippen molar-refractivity contribution >= 4 is 21.6 Å². The highest BCUT2D eigenvalue weighted by atomic mass is 32.2. The zero-order valence-electron chi connectivity index (χ0n) is 16.4. The Hall–Kier alpha value is -2.52. The van der Waals surface area contributed by atoms with Crippen LogP contribution in [-0.2, 0) is 21.4 Å². The van der Waals surface area contributed by atoms with E-state index in [0.29, 0.717) is 30.3 Å². The molecule has 1 N–H and O–H groups in total. The summed E-state index contributed by atoms with van der Waals surface area (Å²) in [6.45, 7) is 4.15. The van der Waals surface area contributed by atoms with Crippen molar-refractivity contribution in [1.82, 2.24) is 8.87 Å². The number of carbonyl (C=O) groups is 1. The van der Waals surface area contributed by atoms with E-state index in [-0.39, 0.29) is 11.4 Å². The van der Waals surface area contributed by atoms with E-state index in [1.807, 2.05) is 0 Å². The van der Waals surface area contributed by atoms with Gasteiger partial charge in [0.2, 0.25) is 15.9 Å². The minimum Gasteiger partial charge on any atom is -0.324 e. The Morgan fingerprint density at radius 1 is 1.24 bits per heavy atom. The predicted molar refractivity (Wildman–Crippen MR) is 108 cm³/mol. The number of benzene rings is 1. The summed E-state index contributed by atoms with van der Waals surface area (Å²) in [7, 11) is -3.93. The highest BCUT2D eigenvalue weighted by Gasteiger charge is 2.30. The average molecular weight is 421 g/mol. The Kier molecular flexibility index (Phi) is 6.18. The third-order valence-electron chi connectivity index (χ3n) is 5.13. The van der Waals surface area contributed by atoms with E-state index in [0.717, 1.165) is 17.4 Å². The van der Waals surface area contributed by atoms with E-state index in [1.54, 1.807) is 6.92 Å². The number of hydrogen-bond donors (Lipinski definition) is 1. The molecule has 1 amide bonds. The monoisotopic (exact) mass is 421 g/mol. The van der Waals surface area contributed by atoms with Crippen LogP contribution in [0.2, 0.25) is 0 Å². The van der Waals surface area contributed by atoms with Gasteiger partial charge in [0.05, 0.1) is 0 Å². The van der Waals surface area contributed by atoms with Crippen molar-refractivity contribution in [3.8, 4) is 0 Å². The molecule has 0 bridgehead atoms. The van der Waals surface area contributed by atoms with Gasteiger partial charge in [0.15, 0.2) is 0 Å². The molecule has 1 saturated heterocycles. The Morgan fingerprint density at radius 2 is 1.93 bits per heavy atom. The molecule has 0 aliphatic carbocycles. The van der Waals surface area contributed by atoms with Crippen LogP contribution in [0, 0.1) is 18.7 Å². The Bertz CT molecular complexity index is 1070. The molecule has 0 unspecified atom stereocenters. The van der Waals surface area contributed by atoms with Gasteiger partial charge in [0.25, 0.3) is 5.56 Å². The molecule has 1 aliphatic rings. The maximum absolute atomic E-state index is 13.4. The summed E-state index contributed by atoms with van der Waals surface area (Å²) in [5.41, 5.74) is 0.217. The van der Waals surface area contributed by atoms with E-state index < -0.39 is 27.3 Å². The summed E-state index contributed by atoms with van der Waals surface area (Å²) in [6, 6.07) is 6.70. The van der Waals surface area contributed by atoms with Crippen molar-refractivity contribution in [1.29, 1.82) is 0 Å². The molecule has 7 nitrogen and oxygen atoms in total. The van der Waals surface area contributed by atoms with Crippen molar-refractivity contribution in [3.63, 3.8) is 0 Å². The summed E-state index contributed by atoms with van der Waals surface area (Å²) in [5, 5.41) is 2.55. The SMILES string of the molecule is Cc1ccc(F)cc1NC(=O)Cn1cccc(S(=O)(=O)N2CCC(C)CC2)c1=O. The third kappa shape index (κ3) is 4.73. The maximum atomic E-state index is 13.4. The number of aromatic nitrogens is 1. The highest BCUT2D eigenvalue weighted by Crippen LogP contribution is 2.22. The molecule has 0 saturated carbocycles. The number of rotatable bonds is 5. The molecule has 0 atom stereocenters. The number of amides is 1. The second-order valence-corrected chi connectivity index (χ2v) is 9.31. The van der Waals surface area contributed by atoms with E-state index in [4.69, 9.17) is 0 Å². The smallest absolute Gasteiger partial charge is 0.271 e. The van der Waals surface area contributed by atoms with Crippen LogP contribution in [0.3, 0.4) is 0 Å². The van der Waals surface area contributed by atoms with Gasteiger partial charge in [-0.3, -0.25) is 9.59 Å². The number of piperidine rings is 1. The van der Waals surface area contributed by atoms with Crippen molar-refractivity contribution in [2.24, 2.45) is 5.92 Å². The number of nitrogens with zero attached hydrogens (tertiary/aromatic N) is 2. The summed E-state index contributed by atoms with van der Waals surface area (Å²) in [5.74, 6) is -0.599. The van der Waals surface area contributed by atoms with Crippen LogP contribution in [0.15, 0.2) is 46.2 Å². The lowest BCUT2D eigenvalue weighted by Crippen LogP contribution is -2.41. The van der Waals surface area contributed by atoms with Crippen LogP contribution in [-0.4, -0.2) is 36.3 Å². The lowest BCUT2D eigenvalue weighted by Gasteiger charge is -2.29. The molecule has 1 aliphatic heterocycles. The number of pyridine rings is 1. The molecule has 156 valence electrons. The minimum absolute atomic E-state index is 0.300. The maximum Gasteiger partial charge on any atom is 0.271 e. The third-order valence-corrected chi connectivity index (χ3v) is 7.04. The Labute approximate surface area is 169 Å². The standard InChI is InChI=1S/C20H24FN3O4S/c1-14-7-10-24(11-8-14)29(27,28)18-4-3-9-23(20(18)26)13-19(25)22-17-12-16(21)6-5-15(17)2/h3-6,9,12,14H,7-8,10-11,13H2,1-2H3,(H,22,25). The molecule has 9 heteroatoms. The first-order valence-corrected chi connectivity index (χ1v) is 10.9. The van der Waals surface area contributed by atoms with E-state index >= 15 is 0 Å². The molecule has 1 fully saturated rings. The number of carbonyl (C=O) groups excluding carboxylic acids is 1. The first-order chi connectivity index (χ1) is 13.7. The zero-order valence-corrected chi connectivity index (χ0v) is 17.2. The molecule has 2 aromatic rings. The first kappa shape index (κ1) is 21.2. The fourth-order valence-corrected chi connectivity index (χ4v) is 4.83. The van der Waals surface area contributed by atoms with Crippen LogP contribution >= 0.6 is 0 Å². The number of halogens is 1. The second kappa shape index (κ2) is 8.46. The van der Waals surface area contributed by atoms with Gasteiger partial charge in [0.1, 0.15) is 17.3 Å². The largest absolute Gasteiger partial charge is 0.324 e. The van der Waals surface area contributed by atoms with Crippen molar-refractivity contribution in [2.45, 2.75) is 38.1 Å². The highest BCUT2D eigenvalue weighted by molar-refractivity contribution is 7.89. The number of anilines is 1. The quantitative estimate of drug-likeness (QED) is 0.803. The molecular weight excluding hydrogens is 397 g/mol. The molecular formula is C20H24FN3O4S. The van der Waals surface area contributed by atoms with Crippen molar-refractivity contribution in [2.75, 3.05) is 18.4 Å². The fourth-order valence-electron chi connectivity index (χ4n) is 3.27. The molecule has 1 aromatic heterocycles. The van der Waals surface area contributed by atoms with Crippen molar-refractivity contribution < 1.29 is 17.6 Å². The Balaban J connectivity index is 1.81. The van der Waals surface area contributed by atoms with Crippen LogP contribution < -0.4 is 10.9 Å². The molecule has 1 aromatic carbocycles. The van der Waals surface area contributed by atoms with E-state index in [9.17, 15) is 22.4 Å². The lowest BCUT2D eigenvalue weighted by atomic mass is 10.0. The van der Waals surface area contributed by atoms with Crippen LogP contribution in [0.25, 0.3) is 0 Å². The molecule has 29 heavy (non-hydrogen) atoms. The minimum atomic E-state index is -3.93. The molecule has 2 heterocycles. The van der Waals surface area contributed by atoms with Gasteiger partial charge in [-0.15, -0.1) is 0 Å². The van der Waals surface area contributed by atoms with E-state index in [1.165, 1.54) is 40.8 Å². The van der Waals surface area contributed by atoms with Gasteiger partial charge in [-0.25, -0.2) is 12.8 Å². The Morgan fingerprint density at radius 3 is 2.62 bits per heavy atom. The average Bonchev–Trinajstić information content (AvgIpc) is 2.66. The number of sulfonamides is 1. The van der Waals surface area contributed by atoms with Crippen LogP contribution in [0.1, 0.15) is 25.3 Å². The lowest BCUT2D eigenvalue weighted by molar-refractivity contribution is -0.116. The molecule has 0 radical (unpaired) electrons. The number of nitrogens with one attached hydrogen (secondary N) is 1. The van der Waals surface area contributed by atoms with Gasteiger partial charge < -0.3 is 9.88 Å². The number of hydrogen-bond acceptors (Lipinski definition) is 4. The van der Waals surface area contributed by atoms with Gasteiger partial charge in [-0.05, 0) is 55.5 Å². The van der Waals surface area contributed by atoms with Gasteiger partial charge in [-0.1, -0.05) is 13.0 Å². The molecule has 3 rings (SSSR count). The zero-order chi connectivity index (χ0) is 21.2. The normalized spacial score (nSPS) is 16.0. The first-order valence-electron chi connectivity index (χ1n) is 9.44. The summed E-state index contributed by atoms with van der Waals surface area (Å²) in [6.07, 6.45) is 2.85. The number of aryl methyl sites for hydroxylation is 1.